The van der Waals surface area contributed by atoms with Crippen LogP contribution in [0.25, 0.3) is 17.2 Å². The lowest BCUT2D eigenvalue weighted by Gasteiger charge is -2.10. The molecule has 0 saturated heterocycles. The molecule has 6 heteroatoms. The molecule has 0 unspecified atom stereocenters. The molecule has 0 atom stereocenters. The number of hydrogen-bond acceptors (Lipinski definition) is 3. The fraction of sp³-hybridized carbons (Fsp3) is 0. The first kappa shape index (κ1) is 19.4. The van der Waals surface area contributed by atoms with Gasteiger partial charge in [0.15, 0.2) is 0 Å². The molecule has 140 valence electrons. The third kappa shape index (κ3) is 4.85. The Morgan fingerprint density at radius 3 is 2.46 bits per heavy atom. The van der Waals surface area contributed by atoms with Crippen LogP contribution in [0.1, 0.15) is 15.9 Å². The van der Waals surface area contributed by atoms with E-state index in [4.69, 9.17) is 16.8 Å². The van der Waals surface area contributed by atoms with Gasteiger partial charge < -0.3 is 5.32 Å². The SMILES string of the molecule is O=C(/C=C/c1cccc(C(=O)Nc2ccc(Cl)c(-c3ccccc3)c2)c1)NO. The molecule has 5 nitrogen and oxygen atoms in total. The summed E-state index contributed by atoms with van der Waals surface area (Å²) in [5.41, 5.74) is 5.00. The number of rotatable bonds is 5. The van der Waals surface area contributed by atoms with Gasteiger partial charge in [0.25, 0.3) is 11.8 Å². The fourth-order valence-electron chi connectivity index (χ4n) is 2.64. The number of benzene rings is 3. The van der Waals surface area contributed by atoms with E-state index in [1.54, 1.807) is 36.4 Å². The molecule has 0 spiro atoms. The maximum absolute atomic E-state index is 12.6. The van der Waals surface area contributed by atoms with Crippen molar-refractivity contribution in [3.8, 4) is 11.1 Å². The zero-order valence-electron chi connectivity index (χ0n) is 14.7. The molecule has 0 aliphatic heterocycles. The molecule has 0 aliphatic rings. The third-order valence-corrected chi connectivity index (χ3v) is 4.32. The van der Waals surface area contributed by atoms with Crippen molar-refractivity contribution in [2.75, 3.05) is 5.32 Å². The van der Waals surface area contributed by atoms with Gasteiger partial charge in [-0.25, -0.2) is 5.48 Å². The lowest BCUT2D eigenvalue weighted by atomic mass is 10.0. The highest BCUT2D eigenvalue weighted by atomic mass is 35.5. The summed E-state index contributed by atoms with van der Waals surface area (Å²) in [6, 6.07) is 21.7. The number of halogens is 1. The monoisotopic (exact) mass is 392 g/mol. The molecule has 3 aromatic carbocycles. The van der Waals surface area contributed by atoms with Crippen molar-refractivity contribution in [1.29, 1.82) is 0 Å². The summed E-state index contributed by atoms with van der Waals surface area (Å²) in [7, 11) is 0. The highest BCUT2D eigenvalue weighted by Gasteiger charge is 2.09. The standard InChI is InChI=1S/C22H17ClN2O3/c23-20-11-10-18(14-19(20)16-6-2-1-3-7-16)24-22(27)17-8-4-5-15(13-17)9-12-21(26)25-28/h1-14,28H,(H,24,27)(H,25,26)/b12-9+. The first-order valence-electron chi connectivity index (χ1n) is 8.45. The topological polar surface area (TPSA) is 78.4 Å². The molecule has 0 fully saturated rings. The first-order valence-corrected chi connectivity index (χ1v) is 8.83. The second-order valence-electron chi connectivity index (χ2n) is 5.95. The normalized spacial score (nSPS) is 10.6. The average molecular weight is 393 g/mol. The number of carbonyl (C=O) groups is 2. The van der Waals surface area contributed by atoms with Crippen LogP contribution >= 0.6 is 11.6 Å². The van der Waals surface area contributed by atoms with E-state index in [2.05, 4.69) is 5.32 Å². The van der Waals surface area contributed by atoms with Crippen LogP contribution in [0.3, 0.4) is 0 Å². The van der Waals surface area contributed by atoms with Gasteiger partial charge in [0, 0.05) is 27.9 Å². The van der Waals surface area contributed by atoms with Gasteiger partial charge >= 0.3 is 0 Å². The number of nitrogens with one attached hydrogen (secondary N) is 2. The summed E-state index contributed by atoms with van der Waals surface area (Å²) in [6.07, 6.45) is 2.67. The Morgan fingerprint density at radius 1 is 0.929 bits per heavy atom. The Kier molecular flexibility index (Phi) is 6.22. The third-order valence-electron chi connectivity index (χ3n) is 4.00. The Hall–Kier alpha value is -3.41. The Labute approximate surface area is 167 Å². The molecule has 28 heavy (non-hydrogen) atoms. The highest BCUT2D eigenvalue weighted by molar-refractivity contribution is 6.33. The summed E-state index contributed by atoms with van der Waals surface area (Å²) in [5.74, 6) is -0.937. The summed E-state index contributed by atoms with van der Waals surface area (Å²) >= 11 is 6.31. The predicted octanol–water partition coefficient (Wildman–Crippen LogP) is 4.78. The van der Waals surface area contributed by atoms with Crippen LogP contribution in [-0.2, 0) is 4.79 Å². The van der Waals surface area contributed by atoms with Gasteiger partial charge in [0.2, 0.25) is 0 Å². The van der Waals surface area contributed by atoms with E-state index < -0.39 is 5.91 Å². The van der Waals surface area contributed by atoms with Gasteiger partial charge in [-0.15, -0.1) is 0 Å². The van der Waals surface area contributed by atoms with Crippen LogP contribution in [0.4, 0.5) is 5.69 Å². The van der Waals surface area contributed by atoms with Crippen molar-refractivity contribution < 1.29 is 14.8 Å². The molecular formula is C22H17ClN2O3. The van der Waals surface area contributed by atoms with Crippen LogP contribution < -0.4 is 10.8 Å². The summed E-state index contributed by atoms with van der Waals surface area (Å²) in [5, 5.41) is 12.0. The van der Waals surface area contributed by atoms with Crippen molar-refractivity contribution in [2.45, 2.75) is 0 Å². The Balaban J connectivity index is 1.80. The van der Waals surface area contributed by atoms with Gasteiger partial charge in [0.05, 0.1) is 0 Å². The lowest BCUT2D eigenvalue weighted by Crippen LogP contribution is -2.14. The summed E-state index contributed by atoms with van der Waals surface area (Å²) < 4.78 is 0. The summed E-state index contributed by atoms with van der Waals surface area (Å²) in [6.45, 7) is 0. The second kappa shape index (κ2) is 8.99. The molecule has 3 aromatic rings. The van der Waals surface area contributed by atoms with Crippen LogP contribution in [-0.4, -0.2) is 17.0 Å². The van der Waals surface area contributed by atoms with E-state index in [1.165, 1.54) is 17.6 Å². The number of anilines is 1. The molecule has 0 bridgehead atoms. The van der Waals surface area contributed by atoms with E-state index in [0.29, 0.717) is 21.8 Å². The molecule has 3 rings (SSSR count). The van der Waals surface area contributed by atoms with Gasteiger partial charge in [-0.3, -0.25) is 14.8 Å². The number of carbonyl (C=O) groups excluding carboxylic acids is 2. The predicted molar refractivity (Wildman–Crippen MR) is 110 cm³/mol. The van der Waals surface area contributed by atoms with Gasteiger partial charge in [-0.05, 0) is 47.5 Å². The zero-order valence-corrected chi connectivity index (χ0v) is 15.5. The number of hydrogen-bond donors (Lipinski definition) is 3. The van der Waals surface area contributed by atoms with E-state index >= 15 is 0 Å². The van der Waals surface area contributed by atoms with E-state index in [-0.39, 0.29) is 5.91 Å². The quantitative estimate of drug-likeness (QED) is 0.332. The van der Waals surface area contributed by atoms with Crippen LogP contribution in [0.2, 0.25) is 5.02 Å². The first-order chi connectivity index (χ1) is 13.6. The largest absolute Gasteiger partial charge is 0.322 e. The second-order valence-corrected chi connectivity index (χ2v) is 6.36. The molecule has 3 N–H and O–H groups in total. The van der Waals surface area contributed by atoms with Crippen molar-refractivity contribution in [3.63, 3.8) is 0 Å². The molecular weight excluding hydrogens is 376 g/mol. The maximum atomic E-state index is 12.6. The lowest BCUT2D eigenvalue weighted by molar-refractivity contribution is -0.124. The van der Waals surface area contributed by atoms with Crippen LogP contribution in [0.5, 0.6) is 0 Å². The van der Waals surface area contributed by atoms with E-state index in [1.807, 2.05) is 36.4 Å². The molecule has 0 radical (unpaired) electrons. The minimum absolute atomic E-state index is 0.289. The highest BCUT2D eigenvalue weighted by Crippen LogP contribution is 2.30. The minimum atomic E-state index is -0.649. The Morgan fingerprint density at radius 2 is 1.71 bits per heavy atom. The van der Waals surface area contributed by atoms with E-state index in [0.717, 1.165) is 11.1 Å². The number of hydroxylamine groups is 1. The van der Waals surface area contributed by atoms with Crippen molar-refractivity contribution in [3.05, 3.63) is 95.0 Å². The van der Waals surface area contributed by atoms with Gasteiger partial charge in [-0.2, -0.15) is 0 Å². The van der Waals surface area contributed by atoms with Crippen molar-refractivity contribution in [1.82, 2.24) is 5.48 Å². The average Bonchev–Trinajstić information content (AvgIpc) is 2.74. The molecule has 0 heterocycles. The maximum Gasteiger partial charge on any atom is 0.267 e. The van der Waals surface area contributed by atoms with Crippen molar-refractivity contribution in [2.24, 2.45) is 0 Å². The minimum Gasteiger partial charge on any atom is -0.322 e. The van der Waals surface area contributed by atoms with Gasteiger partial charge in [-0.1, -0.05) is 54.1 Å². The Bertz CT molecular complexity index is 1030. The summed E-state index contributed by atoms with van der Waals surface area (Å²) in [4.78, 5) is 23.7. The van der Waals surface area contributed by atoms with Crippen LogP contribution in [0.15, 0.2) is 78.9 Å². The smallest absolute Gasteiger partial charge is 0.267 e. The van der Waals surface area contributed by atoms with Crippen LogP contribution in [0, 0.1) is 0 Å². The molecule has 0 saturated carbocycles. The molecule has 2 amide bonds. The van der Waals surface area contributed by atoms with Gasteiger partial charge in [0.1, 0.15) is 0 Å². The molecule has 0 aliphatic carbocycles. The fourth-order valence-corrected chi connectivity index (χ4v) is 2.86. The van der Waals surface area contributed by atoms with Crippen molar-refractivity contribution >= 4 is 35.2 Å². The molecule has 0 aromatic heterocycles. The number of amides is 2. The zero-order chi connectivity index (χ0) is 19.9. The van der Waals surface area contributed by atoms with E-state index in [9.17, 15) is 9.59 Å².